The van der Waals surface area contributed by atoms with Crippen LogP contribution in [0.3, 0.4) is 0 Å². The molecule has 1 aromatic rings. The summed E-state index contributed by atoms with van der Waals surface area (Å²) in [7, 11) is 0. The van der Waals surface area contributed by atoms with E-state index in [-0.39, 0.29) is 5.78 Å². The molecule has 18 heavy (non-hydrogen) atoms. The van der Waals surface area contributed by atoms with Crippen molar-refractivity contribution in [2.75, 3.05) is 0 Å². The number of benzene rings is 1. The molecule has 0 radical (unpaired) electrons. The number of carbonyl (C=O) groups is 2. The zero-order valence-electron chi connectivity index (χ0n) is 10.5. The quantitative estimate of drug-likeness (QED) is 0.745. The molecule has 0 spiro atoms. The summed E-state index contributed by atoms with van der Waals surface area (Å²) in [5, 5.41) is 0. The second kappa shape index (κ2) is 3.91. The van der Waals surface area contributed by atoms with Crippen molar-refractivity contribution in [3.8, 4) is 0 Å². The molecule has 0 bridgehead atoms. The summed E-state index contributed by atoms with van der Waals surface area (Å²) in [5.41, 5.74) is 4.20. The van der Waals surface area contributed by atoms with E-state index >= 15 is 0 Å². The molecular formula is C16H16O2. The highest BCUT2D eigenvalue weighted by Crippen LogP contribution is 2.46. The molecule has 2 aliphatic rings. The van der Waals surface area contributed by atoms with Gasteiger partial charge in [0.05, 0.1) is 0 Å². The number of allylic oxidation sites excluding steroid dienone is 2. The van der Waals surface area contributed by atoms with Crippen LogP contribution in [0.4, 0.5) is 0 Å². The number of aldehydes is 1. The van der Waals surface area contributed by atoms with Gasteiger partial charge in [-0.15, -0.1) is 0 Å². The van der Waals surface area contributed by atoms with Crippen molar-refractivity contribution in [2.24, 2.45) is 5.41 Å². The van der Waals surface area contributed by atoms with Crippen molar-refractivity contribution in [1.29, 1.82) is 0 Å². The Hall–Kier alpha value is -1.70. The summed E-state index contributed by atoms with van der Waals surface area (Å²) in [5.74, 6) is 0.187. The highest BCUT2D eigenvalue weighted by molar-refractivity contribution is 6.10. The van der Waals surface area contributed by atoms with Crippen LogP contribution in [-0.4, -0.2) is 12.1 Å². The summed E-state index contributed by atoms with van der Waals surface area (Å²) in [6.45, 7) is 1.93. The second-order valence-corrected chi connectivity index (χ2v) is 5.55. The number of hydrogen-bond acceptors (Lipinski definition) is 2. The van der Waals surface area contributed by atoms with Gasteiger partial charge in [0, 0.05) is 23.8 Å². The SMILES string of the molecule is CC1(CC=O)CCC2=C(Cc3ccccc32)C1=O. The van der Waals surface area contributed by atoms with Crippen molar-refractivity contribution in [2.45, 2.75) is 32.6 Å². The first kappa shape index (κ1) is 11.4. The molecule has 0 aliphatic heterocycles. The normalized spacial score (nSPS) is 25.9. The van der Waals surface area contributed by atoms with E-state index in [0.717, 1.165) is 31.1 Å². The summed E-state index contributed by atoms with van der Waals surface area (Å²) >= 11 is 0. The molecular weight excluding hydrogens is 224 g/mol. The van der Waals surface area contributed by atoms with Gasteiger partial charge >= 0.3 is 0 Å². The molecule has 0 amide bonds. The Morgan fingerprint density at radius 2 is 2.06 bits per heavy atom. The summed E-state index contributed by atoms with van der Waals surface area (Å²) in [6.07, 6.45) is 3.68. The minimum atomic E-state index is -0.470. The molecule has 0 fully saturated rings. The third kappa shape index (κ3) is 1.48. The zero-order valence-corrected chi connectivity index (χ0v) is 10.5. The molecule has 0 saturated carbocycles. The van der Waals surface area contributed by atoms with E-state index in [1.54, 1.807) is 0 Å². The van der Waals surface area contributed by atoms with Gasteiger partial charge < -0.3 is 4.79 Å². The van der Waals surface area contributed by atoms with Gasteiger partial charge in [0.1, 0.15) is 6.29 Å². The Labute approximate surface area is 107 Å². The van der Waals surface area contributed by atoms with Crippen molar-refractivity contribution in [3.05, 3.63) is 41.0 Å². The maximum atomic E-state index is 12.6. The topological polar surface area (TPSA) is 34.1 Å². The van der Waals surface area contributed by atoms with Gasteiger partial charge in [-0.1, -0.05) is 31.2 Å². The van der Waals surface area contributed by atoms with Gasteiger partial charge in [0.2, 0.25) is 0 Å². The van der Waals surface area contributed by atoms with Crippen molar-refractivity contribution in [3.63, 3.8) is 0 Å². The lowest BCUT2D eigenvalue weighted by atomic mass is 9.70. The molecule has 1 unspecified atom stereocenters. The van der Waals surface area contributed by atoms with Crippen LogP contribution in [0.25, 0.3) is 5.57 Å². The Kier molecular flexibility index (Phi) is 2.47. The first-order valence-electron chi connectivity index (χ1n) is 6.44. The number of ketones is 1. The Balaban J connectivity index is 2.03. The first-order valence-corrected chi connectivity index (χ1v) is 6.44. The van der Waals surface area contributed by atoms with Crippen LogP contribution in [-0.2, 0) is 16.0 Å². The number of hydrogen-bond donors (Lipinski definition) is 0. The number of fused-ring (bicyclic) bond motifs is 2. The third-order valence-corrected chi connectivity index (χ3v) is 4.36. The van der Waals surface area contributed by atoms with Crippen LogP contribution in [0, 0.1) is 5.41 Å². The predicted octanol–water partition coefficient (Wildman–Crippen LogP) is 2.95. The van der Waals surface area contributed by atoms with Crippen molar-refractivity contribution < 1.29 is 9.59 Å². The molecule has 3 rings (SSSR count). The fourth-order valence-electron chi connectivity index (χ4n) is 3.19. The van der Waals surface area contributed by atoms with Crippen LogP contribution in [0.1, 0.15) is 37.3 Å². The fraction of sp³-hybridized carbons (Fsp3) is 0.375. The average Bonchev–Trinajstić information content (AvgIpc) is 2.74. The van der Waals surface area contributed by atoms with Gasteiger partial charge in [-0.05, 0) is 29.5 Å². The van der Waals surface area contributed by atoms with E-state index in [1.165, 1.54) is 16.7 Å². The summed E-state index contributed by atoms with van der Waals surface area (Å²) in [4.78, 5) is 23.3. The Bertz CT molecular complexity index is 568. The van der Waals surface area contributed by atoms with E-state index in [1.807, 2.05) is 19.1 Å². The van der Waals surface area contributed by atoms with Gasteiger partial charge in [0.25, 0.3) is 0 Å². The third-order valence-electron chi connectivity index (χ3n) is 4.36. The smallest absolute Gasteiger partial charge is 0.165 e. The fourth-order valence-corrected chi connectivity index (χ4v) is 3.19. The van der Waals surface area contributed by atoms with Crippen LogP contribution < -0.4 is 0 Å². The predicted molar refractivity (Wildman–Crippen MR) is 70.1 cm³/mol. The van der Waals surface area contributed by atoms with Crippen LogP contribution in [0.15, 0.2) is 29.8 Å². The van der Waals surface area contributed by atoms with E-state index < -0.39 is 5.41 Å². The summed E-state index contributed by atoms with van der Waals surface area (Å²) < 4.78 is 0. The molecule has 1 aromatic carbocycles. The van der Waals surface area contributed by atoms with E-state index in [2.05, 4.69) is 12.1 Å². The van der Waals surface area contributed by atoms with Gasteiger partial charge in [-0.25, -0.2) is 0 Å². The lowest BCUT2D eigenvalue weighted by Crippen LogP contribution is -2.33. The van der Waals surface area contributed by atoms with Gasteiger partial charge in [-0.2, -0.15) is 0 Å². The molecule has 0 saturated heterocycles. The summed E-state index contributed by atoms with van der Waals surface area (Å²) in [6, 6.07) is 8.25. The molecule has 1 atom stereocenters. The van der Waals surface area contributed by atoms with Gasteiger partial charge in [0.15, 0.2) is 5.78 Å². The van der Waals surface area contributed by atoms with E-state index in [0.29, 0.717) is 6.42 Å². The van der Waals surface area contributed by atoms with E-state index in [4.69, 9.17) is 0 Å². The second-order valence-electron chi connectivity index (χ2n) is 5.55. The van der Waals surface area contributed by atoms with Crippen molar-refractivity contribution in [1.82, 2.24) is 0 Å². The lowest BCUT2D eigenvalue weighted by Gasteiger charge is -2.31. The highest BCUT2D eigenvalue weighted by Gasteiger charge is 2.41. The van der Waals surface area contributed by atoms with Crippen LogP contribution in [0.5, 0.6) is 0 Å². The van der Waals surface area contributed by atoms with Crippen LogP contribution >= 0.6 is 0 Å². The Morgan fingerprint density at radius 1 is 1.28 bits per heavy atom. The standard InChI is InChI=1S/C16H16O2/c1-16(8-9-17)7-6-13-12-5-3-2-4-11(12)10-14(13)15(16)18/h2-5,9H,6-8,10H2,1H3. The number of carbonyl (C=O) groups excluding carboxylic acids is 2. The number of rotatable bonds is 2. The van der Waals surface area contributed by atoms with Crippen LogP contribution in [0.2, 0.25) is 0 Å². The minimum Gasteiger partial charge on any atom is -0.303 e. The lowest BCUT2D eigenvalue weighted by molar-refractivity contribution is -0.127. The largest absolute Gasteiger partial charge is 0.303 e. The van der Waals surface area contributed by atoms with E-state index in [9.17, 15) is 9.59 Å². The number of Topliss-reactive ketones (excluding diaryl/α,β-unsaturated/α-hetero) is 1. The zero-order chi connectivity index (χ0) is 12.8. The maximum Gasteiger partial charge on any atom is 0.165 e. The molecule has 2 nitrogen and oxygen atoms in total. The average molecular weight is 240 g/mol. The molecule has 2 heteroatoms. The molecule has 2 aliphatic carbocycles. The first-order chi connectivity index (χ1) is 8.65. The van der Waals surface area contributed by atoms with Gasteiger partial charge in [-0.3, -0.25) is 4.79 Å². The minimum absolute atomic E-state index is 0.187. The molecule has 0 aromatic heterocycles. The monoisotopic (exact) mass is 240 g/mol. The molecule has 0 heterocycles. The molecule has 0 N–H and O–H groups in total. The highest BCUT2D eigenvalue weighted by atomic mass is 16.1. The molecule has 92 valence electrons. The Morgan fingerprint density at radius 3 is 2.83 bits per heavy atom. The van der Waals surface area contributed by atoms with Crippen molar-refractivity contribution >= 4 is 17.6 Å². The maximum absolute atomic E-state index is 12.6.